The lowest BCUT2D eigenvalue weighted by Crippen LogP contribution is -3.13. The first-order valence-electron chi connectivity index (χ1n) is 8.03. The molecule has 2 rings (SSSR count). The van der Waals surface area contributed by atoms with Gasteiger partial charge in [0.1, 0.15) is 0 Å². The number of quaternary nitrogens is 1. The summed E-state index contributed by atoms with van der Waals surface area (Å²) in [5, 5.41) is 16.4. The van der Waals surface area contributed by atoms with E-state index in [1.54, 1.807) is 35.6 Å². The van der Waals surface area contributed by atoms with Gasteiger partial charge in [-0.2, -0.15) is 5.26 Å². The standard InChI is InChI=1S/C18H20N4O2S/c1-2-22(12-17(23)20-11-16-4-3-9-25-16)13-18(24)21-15-7-5-14(10-19)6-8-15/h3-9H,2,11-13H2,1H3,(H,20,23)(H,21,24)/p+1. The Bertz CT molecular complexity index is 735. The van der Waals surface area contributed by atoms with E-state index in [4.69, 9.17) is 5.26 Å². The van der Waals surface area contributed by atoms with Crippen LogP contribution in [0.25, 0.3) is 0 Å². The summed E-state index contributed by atoms with van der Waals surface area (Å²) >= 11 is 1.60. The quantitative estimate of drug-likeness (QED) is 0.653. The van der Waals surface area contributed by atoms with Gasteiger partial charge in [0, 0.05) is 10.6 Å². The van der Waals surface area contributed by atoms with Crippen molar-refractivity contribution in [1.29, 1.82) is 5.26 Å². The van der Waals surface area contributed by atoms with Crippen molar-refractivity contribution >= 4 is 28.8 Å². The van der Waals surface area contributed by atoms with Gasteiger partial charge in [0.15, 0.2) is 13.1 Å². The van der Waals surface area contributed by atoms with E-state index in [0.29, 0.717) is 24.3 Å². The zero-order valence-corrected chi connectivity index (χ0v) is 14.9. The van der Waals surface area contributed by atoms with E-state index in [1.807, 2.05) is 30.5 Å². The summed E-state index contributed by atoms with van der Waals surface area (Å²) in [6, 6.07) is 12.6. The summed E-state index contributed by atoms with van der Waals surface area (Å²) in [5.41, 5.74) is 1.18. The van der Waals surface area contributed by atoms with Crippen LogP contribution in [0.2, 0.25) is 0 Å². The van der Waals surface area contributed by atoms with Crippen LogP contribution in [0.5, 0.6) is 0 Å². The second-order valence-electron chi connectivity index (χ2n) is 5.55. The first-order chi connectivity index (χ1) is 12.1. The molecule has 0 saturated heterocycles. The molecule has 3 N–H and O–H groups in total. The number of amides is 2. The van der Waals surface area contributed by atoms with Gasteiger partial charge in [-0.3, -0.25) is 9.59 Å². The average Bonchev–Trinajstić information content (AvgIpc) is 3.13. The molecule has 0 aliphatic heterocycles. The lowest BCUT2D eigenvalue weighted by atomic mass is 10.2. The zero-order chi connectivity index (χ0) is 18.1. The molecule has 0 bridgehead atoms. The number of hydrogen-bond acceptors (Lipinski definition) is 4. The van der Waals surface area contributed by atoms with Crippen molar-refractivity contribution in [2.24, 2.45) is 0 Å². The highest BCUT2D eigenvalue weighted by molar-refractivity contribution is 7.09. The number of nitrogens with zero attached hydrogens (tertiary/aromatic N) is 1. The van der Waals surface area contributed by atoms with E-state index in [0.717, 1.165) is 9.78 Å². The van der Waals surface area contributed by atoms with Gasteiger partial charge in [0.05, 0.1) is 24.7 Å². The molecule has 0 fully saturated rings. The SMILES string of the molecule is CC[NH+](CC(=O)NCc1cccs1)CC(=O)Nc1ccc(C#N)cc1. The van der Waals surface area contributed by atoms with Crippen LogP contribution in [0.1, 0.15) is 17.4 Å². The summed E-state index contributed by atoms with van der Waals surface area (Å²) in [7, 11) is 0. The van der Waals surface area contributed by atoms with Gasteiger partial charge < -0.3 is 15.5 Å². The third kappa shape index (κ3) is 6.37. The van der Waals surface area contributed by atoms with E-state index in [9.17, 15) is 9.59 Å². The Balaban J connectivity index is 1.78. The van der Waals surface area contributed by atoms with Crippen LogP contribution >= 0.6 is 11.3 Å². The summed E-state index contributed by atoms with van der Waals surface area (Å²) < 4.78 is 0. The molecule has 130 valence electrons. The van der Waals surface area contributed by atoms with Crippen molar-refractivity contribution in [2.75, 3.05) is 25.0 Å². The lowest BCUT2D eigenvalue weighted by molar-refractivity contribution is -0.881. The maximum atomic E-state index is 12.1. The Kier molecular flexibility index (Phi) is 7.14. The topological polar surface area (TPSA) is 86.4 Å². The normalized spacial score (nSPS) is 11.4. The Morgan fingerprint density at radius 2 is 1.88 bits per heavy atom. The van der Waals surface area contributed by atoms with Crippen molar-refractivity contribution in [3.63, 3.8) is 0 Å². The predicted molar refractivity (Wildman–Crippen MR) is 97.2 cm³/mol. The van der Waals surface area contributed by atoms with Gasteiger partial charge in [-0.15, -0.1) is 11.3 Å². The molecule has 7 heteroatoms. The highest BCUT2D eigenvalue weighted by Crippen LogP contribution is 2.08. The van der Waals surface area contributed by atoms with Crippen molar-refractivity contribution in [1.82, 2.24) is 5.32 Å². The highest BCUT2D eigenvalue weighted by atomic mass is 32.1. The number of nitriles is 1. The van der Waals surface area contributed by atoms with Gasteiger partial charge in [-0.1, -0.05) is 6.07 Å². The van der Waals surface area contributed by atoms with E-state index in [1.165, 1.54) is 0 Å². The molecule has 2 amide bonds. The predicted octanol–water partition coefficient (Wildman–Crippen LogP) is 0.779. The Morgan fingerprint density at radius 3 is 2.48 bits per heavy atom. The number of likely N-dealkylation sites (N-methyl/N-ethyl adjacent to an activating group) is 1. The summed E-state index contributed by atoms with van der Waals surface area (Å²) in [6.07, 6.45) is 0. The van der Waals surface area contributed by atoms with E-state index < -0.39 is 0 Å². The van der Waals surface area contributed by atoms with Crippen LogP contribution in [-0.4, -0.2) is 31.4 Å². The fraction of sp³-hybridized carbons (Fsp3) is 0.278. The molecule has 1 unspecified atom stereocenters. The van der Waals surface area contributed by atoms with Crippen LogP contribution < -0.4 is 15.5 Å². The molecule has 1 atom stereocenters. The minimum atomic E-state index is -0.160. The van der Waals surface area contributed by atoms with Gasteiger partial charge in [0.25, 0.3) is 11.8 Å². The maximum Gasteiger partial charge on any atom is 0.279 e. The summed E-state index contributed by atoms with van der Waals surface area (Å²) in [5.74, 6) is -0.232. The largest absolute Gasteiger partial charge is 0.346 e. The van der Waals surface area contributed by atoms with Crippen molar-refractivity contribution in [2.45, 2.75) is 13.5 Å². The number of carbonyl (C=O) groups excluding carboxylic acids is 2. The first kappa shape index (κ1) is 18.6. The molecule has 2 aromatic rings. The van der Waals surface area contributed by atoms with Crippen LogP contribution in [0, 0.1) is 11.3 Å². The third-order valence-electron chi connectivity index (χ3n) is 3.66. The molecule has 0 aliphatic rings. The Hall–Kier alpha value is -2.69. The van der Waals surface area contributed by atoms with Gasteiger partial charge >= 0.3 is 0 Å². The minimum absolute atomic E-state index is 0.0728. The molecule has 0 aliphatic carbocycles. The summed E-state index contributed by atoms with van der Waals surface area (Å²) in [6.45, 7) is 3.60. The molecular weight excluding hydrogens is 336 g/mol. The molecule has 1 aromatic heterocycles. The molecule has 25 heavy (non-hydrogen) atoms. The number of rotatable bonds is 8. The minimum Gasteiger partial charge on any atom is -0.346 e. The summed E-state index contributed by atoms with van der Waals surface area (Å²) in [4.78, 5) is 26.1. The number of hydrogen-bond donors (Lipinski definition) is 3. The van der Waals surface area contributed by atoms with Crippen LogP contribution in [0.3, 0.4) is 0 Å². The second-order valence-corrected chi connectivity index (χ2v) is 6.58. The van der Waals surface area contributed by atoms with Crippen LogP contribution in [0.4, 0.5) is 5.69 Å². The molecule has 0 saturated carbocycles. The Morgan fingerprint density at radius 1 is 1.16 bits per heavy atom. The van der Waals surface area contributed by atoms with Gasteiger partial charge in [-0.25, -0.2) is 0 Å². The lowest BCUT2D eigenvalue weighted by Gasteiger charge is -2.16. The number of benzene rings is 1. The molecule has 0 radical (unpaired) electrons. The van der Waals surface area contributed by atoms with Gasteiger partial charge in [-0.05, 0) is 42.6 Å². The number of nitrogens with one attached hydrogen (secondary N) is 3. The fourth-order valence-electron chi connectivity index (χ4n) is 2.26. The molecule has 6 nitrogen and oxygen atoms in total. The molecule has 1 aromatic carbocycles. The molecular formula is C18H21N4O2S+. The van der Waals surface area contributed by atoms with E-state index in [-0.39, 0.29) is 24.9 Å². The number of anilines is 1. The molecule has 0 spiro atoms. The van der Waals surface area contributed by atoms with E-state index >= 15 is 0 Å². The van der Waals surface area contributed by atoms with Crippen molar-refractivity contribution < 1.29 is 14.5 Å². The maximum absolute atomic E-state index is 12.1. The monoisotopic (exact) mass is 357 g/mol. The van der Waals surface area contributed by atoms with E-state index in [2.05, 4.69) is 10.6 Å². The Labute approximate surface area is 151 Å². The van der Waals surface area contributed by atoms with Crippen molar-refractivity contribution in [3.05, 3.63) is 52.2 Å². The first-order valence-corrected chi connectivity index (χ1v) is 8.91. The van der Waals surface area contributed by atoms with Crippen molar-refractivity contribution in [3.8, 4) is 6.07 Å². The fourth-order valence-corrected chi connectivity index (χ4v) is 2.91. The number of thiophene rings is 1. The number of carbonyl (C=O) groups is 2. The van der Waals surface area contributed by atoms with Crippen LogP contribution in [-0.2, 0) is 16.1 Å². The zero-order valence-electron chi connectivity index (χ0n) is 14.0. The van der Waals surface area contributed by atoms with Gasteiger partial charge in [0.2, 0.25) is 0 Å². The highest BCUT2D eigenvalue weighted by Gasteiger charge is 2.16. The second kappa shape index (κ2) is 9.57. The molecule has 1 heterocycles. The van der Waals surface area contributed by atoms with Crippen LogP contribution in [0.15, 0.2) is 41.8 Å². The smallest absolute Gasteiger partial charge is 0.279 e. The average molecular weight is 357 g/mol. The third-order valence-corrected chi connectivity index (χ3v) is 4.54.